The molecule has 2 nitrogen and oxygen atoms in total. The molecule has 16 heavy (non-hydrogen) atoms. The fraction of sp³-hybridized carbons (Fsp3) is 0.500. The molecule has 0 saturated heterocycles. The zero-order chi connectivity index (χ0) is 12.3. The summed E-state index contributed by atoms with van der Waals surface area (Å²) in [5, 5.41) is 9.66. The molecular formula is C12H17BrFNO. The standard InChI is InChI=1S/C12H17BrFNO/c1-12(2,16)8-15(3)7-9-6-10(14)4-5-11(9)13/h4-6,16H,7-8H2,1-3H3. The van der Waals surface area contributed by atoms with Gasteiger partial charge in [-0.1, -0.05) is 15.9 Å². The van der Waals surface area contributed by atoms with E-state index in [1.54, 1.807) is 19.9 Å². The van der Waals surface area contributed by atoms with E-state index in [9.17, 15) is 9.50 Å². The summed E-state index contributed by atoms with van der Waals surface area (Å²) in [6, 6.07) is 4.62. The van der Waals surface area contributed by atoms with E-state index in [2.05, 4.69) is 15.9 Å². The van der Waals surface area contributed by atoms with Crippen LogP contribution in [0.4, 0.5) is 4.39 Å². The monoisotopic (exact) mass is 289 g/mol. The maximum absolute atomic E-state index is 13.0. The van der Waals surface area contributed by atoms with Crippen LogP contribution in [-0.4, -0.2) is 29.2 Å². The van der Waals surface area contributed by atoms with Gasteiger partial charge >= 0.3 is 0 Å². The Kier molecular flexibility index (Phi) is 4.47. The Hall–Kier alpha value is -0.450. The number of rotatable bonds is 4. The van der Waals surface area contributed by atoms with Crippen molar-refractivity contribution in [1.29, 1.82) is 0 Å². The lowest BCUT2D eigenvalue weighted by atomic mass is 10.1. The molecule has 0 unspecified atom stereocenters. The summed E-state index contributed by atoms with van der Waals surface area (Å²) in [6.07, 6.45) is 0. The fourth-order valence-corrected chi connectivity index (χ4v) is 2.04. The number of halogens is 2. The summed E-state index contributed by atoms with van der Waals surface area (Å²) in [5.74, 6) is -0.241. The van der Waals surface area contributed by atoms with Gasteiger partial charge in [0.2, 0.25) is 0 Å². The van der Waals surface area contributed by atoms with Crippen LogP contribution in [0.1, 0.15) is 19.4 Å². The fourth-order valence-electron chi connectivity index (χ4n) is 1.67. The molecule has 0 atom stereocenters. The summed E-state index contributed by atoms with van der Waals surface area (Å²) in [5.41, 5.74) is 0.140. The van der Waals surface area contributed by atoms with Gasteiger partial charge in [-0.05, 0) is 44.7 Å². The van der Waals surface area contributed by atoms with Crippen molar-refractivity contribution in [2.75, 3.05) is 13.6 Å². The molecule has 0 aromatic heterocycles. The van der Waals surface area contributed by atoms with Gasteiger partial charge in [-0.3, -0.25) is 4.90 Å². The lowest BCUT2D eigenvalue weighted by molar-refractivity contribution is 0.0424. The average Bonchev–Trinajstić information content (AvgIpc) is 2.08. The zero-order valence-electron chi connectivity index (χ0n) is 9.80. The van der Waals surface area contributed by atoms with Crippen LogP contribution in [-0.2, 0) is 6.54 Å². The Bertz CT molecular complexity index is 363. The number of likely N-dealkylation sites (N-methyl/N-ethyl adjacent to an activating group) is 1. The second-order valence-electron chi connectivity index (χ2n) is 4.72. The first-order valence-corrected chi connectivity index (χ1v) is 5.92. The molecule has 0 bridgehead atoms. The molecule has 0 aliphatic rings. The summed E-state index contributed by atoms with van der Waals surface area (Å²) in [6.45, 7) is 4.65. The Morgan fingerprint density at radius 3 is 2.62 bits per heavy atom. The Morgan fingerprint density at radius 1 is 1.44 bits per heavy atom. The van der Waals surface area contributed by atoms with Crippen LogP contribution in [0.15, 0.2) is 22.7 Å². The van der Waals surface area contributed by atoms with Crippen molar-refractivity contribution in [3.05, 3.63) is 34.1 Å². The van der Waals surface area contributed by atoms with E-state index in [1.165, 1.54) is 12.1 Å². The van der Waals surface area contributed by atoms with Crippen LogP contribution in [0.2, 0.25) is 0 Å². The van der Waals surface area contributed by atoms with E-state index in [4.69, 9.17) is 0 Å². The smallest absolute Gasteiger partial charge is 0.123 e. The van der Waals surface area contributed by atoms with Gasteiger partial charge < -0.3 is 5.11 Å². The van der Waals surface area contributed by atoms with Crippen LogP contribution in [0.25, 0.3) is 0 Å². The highest BCUT2D eigenvalue weighted by Gasteiger charge is 2.16. The van der Waals surface area contributed by atoms with Gasteiger partial charge in [-0.25, -0.2) is 4.39 Å². The van der Waals surface area contributed by atoms with E-state index in [0.29, 0.717) is 13.1 Å². The first kappa shape index (κ1) is 13.6. The molecule has 1 N–H and O–H groups in total. The highest BCUT2D eigenvalue weighted by Crippen LogP contribution is 2.19. The molecule has 1 aromatic rings. The quantitative estimate of drug-likeness (QED) is 0.921. The topological polar surface area (TPSA) is 23.5 Å². The average molecular weight is 290 g/mol. The van der Waals surface area contributed by atoms with E-state index in [-0.39, 0.29) is 5.82 Å². The van der Waals surface area contributed by atoms with Crippen LogP contribution < -0.4 is 0 Å². The highest BCUT2D eigenvalue weighted by atomic mass is 79.9. The molecule has 4 heteroatoms. The minimum atomic E-state index is -0.742. The lowest BCUT2D eigenvalue weighted by Crippen LogP contribution is -2.35. The van der Waals surface area contributed by atoms with Gasteiger partial charge in [0.1, 0.15) is 5.82 Å². The second-order valence-corrected chi connectivity index (χ2v) is 5.57. The van der Waals surface area contributed by atoms with Crippen molar-refractivity contribution in [1.82, 2.24) is 4.90 Å². The van der Waals surface area contributed by atoms with Crippen LogP contribution >= 0.6 is 15.9 Å². The first-order valence-electron chi connectivity index (χ1n) is 5.13. The molecule has 0 radical (unpaired) electrons. The number of nitrogens with zero attached hydrogens (tertiary/aromatic N) is 1. The predicted molar refractivity (Wildman–Crippen MR) is 66.7 cm³/mol. The predicted octanol–water partition coefficient (Wildman–Crippen LogP) is 2.79. The SMILES string of the molecule is CN(Cc1cc(F)ccc1Br)CC(C)(C)O. The van der Waals surface area contributed by atoms with Gasteiger partial charge in [0, 0.05) is 17.6 Å². The third-order valence-corrected chi connectivity index (χ3v) is 2.88. The molecule has 0 aliphatic carbocycles. The third kappa shape index (κ3) is 4.60. The Balaban J connectivity index is 2.69. The first-order chi connectivity index (χ1) is 7.28. The molecule has 0 spiro atoms. The summed E-state index contributed by atoms with van der Waals surface area (Å²) in [7, 11) is 1.90. The number of aliphatic hydroxyl groups is 1. The van der Waals surface area contributed by atoms with Gasteiger partial charge in [-0.2, -0.15) is 0 Å². The second kappa shape index (κ2) is 5.25. The van der Waals surface area contributed by atoms with Crippen LogP contribution in [0.3, 0.4) is 0 Å². The minimum absolute atomic E-state index is 0.241. The van der Waals surface area contributed by atoms with Crippen molar-refractivity contribution in [3.8, 4) is 0 Å². The molecule has 0 amide bonds. The van der Waals surface area contributed by atoms with E-state index < -0.39 is 5.60 Å². The van der Waals surface area contributed by atoms with Gasteiger partial charge in [0.15, 0.2) is 0 Å². The van der Waals surface area contributed by atoms with E-state index in [1.807, 2.05) is 11.9 Å². The lowest BCUT2D eigenvalue weighted by Gasteiger charge is -2.25. The van der Waals surface area contributed by atoms with Crippen molar-refractivity contribution in [2.45, 2.75) is 26.0 Å². The summed E-state index contributed by atoms with van der Waals surface area (Å²) in [4.78, 5) is 1.96. The molecule has 0 heterocycles. The molecule has 1 aromatic carbocycles. The van der Waals surface area contributed by atoms with Crippen LogP contribution in [0.5, 0.6) is 0 Å². The van der Waals surface area contributed by atoms with Crippen molar-refractivity contribution in [3.63, 3.8) is 0 Å². The molecule has 90 valence electrons. The van der Waals surface area contributed by atoms with Crippen molar-refractivity contribution in [2.24, 2.45) is 0 Å². The van der Waals surface area contributed by atoms with E-state index in [0.717, 1.165) is 10.0 Å². The maximum atomic E-state index is 13.0. The summed E-state index contributed by atoms with van der Waals surface area (Å²) >= 11 is 3.38. The third-order valence-electron chi connectivity index (χ3n) is 2.10. The molecular weight excluding hydrogens is 273 g/mol. The van der Waals surface area contributed by atoms with Gasteiger partial charge in [0.05, 0.1) is 5.60 Å². The van der Waals surface area contributed by atoms with E-state index >= 15 is 0 Å². The number of hydrogen-bond acceptors (Lipinski definition) is 2. The molecule has 0 fully saturated rings. The Morgan fingerprint density at radius 2 is 2.06 bits per heavy atom. The minimum Gasteiger partial charge on any atom is -0.389 e. The van der Waals surface area contributed by atoms with Crippen molar-refractivity contribution < 1.29 is 9.50 Å². The van der Waals surface area contributed by atoms with Gasteiger partial charge in [-0.15, -0.1) is 0 Å². The van der Waals surface area contributed by atoms with Gasteiger partial charge in [0.25, 0.3) is 0 Å². The Labute approximate surface area is 104 Å². The number of hydrogen-bond donors (Lipinski definition) is 1. The molecule has 1 rings (SSSR count). The molecule has 0 saturated carbocycles. The number of benzene rings is 1. The zero-order valence-corrected chi connectivity index (χ0v) is 11.4. The van der Waals surface area contributed by atoms with Crippen molar-refractivity contribution >= 4 is 15.9 Å². The largest absolute Gasteiger partial charge is 0.389 e. The highest BCUT2D eigenvalue weighted by molar-refractivity contribution is 9.10. The van der Waals surface area contributed by atoms with Crippen LogP contribution in [0, 0.1) is 5.82 Å². The normalized spacial score (nSPS) is 12.2. The maximum Gasteiger partial charge on any atom is 0.123 e. The molecule has 0 aliphatic heterocycles. The summed E-state index contributed by atoms with van der Waals surface area (Å²) < 4.78 is 13.9.